The van der Waals surface area contributed by atoms with E-state index in [1.807, 2.05) is 11.0 Å². The second-order valence-electron chi connectivity index (χ2n) is 7.04. The Morgan fingerprint density at radius 1 is 1.12 bits per heavy atom. The fraction of sp³-hybridized carbons (Fsp3) is 0.400. The molecule has 2 aromatic rings. The quantitative estimate of drug-likeness (QED) is 0.881. The van der Waals surface area contributed by atoms with Crippen LogP contribution in [0.4, 0.5) is 0 Å². The Balaban J connectivity index is 1.36. The molecule has 1 saturated heterocycles. The zero-order valence-corrected chi connectivity index (χ0v) is 15.5. The molecule has 5 nitrogen and oxygen atoms in total. The monoisotopic (exact) mass is 369 g/mol. The number of carbonyl (C=O) groups excluding carboxylic acids is 2. The van der Waals surface area contributed by atoms with Crippen molar-refractivity contribution in [3.05, 3.63) is 57.3 Å². The van der Waals surface area contributed by atoms with Crippen LogP contribution < -0.4 is 5.73 Å². The van der Waals surface area contributed by atoms with Crippen molar-refractivity contribution in [1.29, 1.82) is 0 Å². The zero-order valence-electron chi connectivity index (χ0n) is 14.7. The second-order valence-corrected chi connectivity index (χ2v) is 8.16. The van der Waals surface area contributed by atoms with Crippen LogP contribution in [0.25, 0.3) is 0 Å². The molecule has 0 bridgehead atoms. The van der Waals surface area contributed by atoms with Gasteiger partial charge in [0.05, 0.1) is 10.9 Å². The average molecular weight is 369 g/mol. The summed E-state index contributed by atoms with van der Waals surface area (Å²) in [5, 5.41) is 0. The Labute approximate surface area is 157 Å². The van der Waals surface area contributed by atoms with Crippen LogP contribution >= 0.6 is 11.3 Å². The average Bonchev–Trinajstić information content (AvgIpc) is 3.37. The molecule has 0 aliphatic carbocycles. The molecule has 6 heteroatoms. The maximum atomic E-state index is 12.8. The van der Waals surface area contributed by atoms with Crippen molar-refractivity contribution >= 4 is 23.2 Å². The third-order valence-corrected chi connectivity index (χ3v) is 6.52. The lowest BCUT2D eigenvalue weighted by molar-refractivity contribution is -0.132. The molecule has 2 aliphatic rings. The summed E-state index contributed by atoms with van der Waals surface area (Å²) in [7, 11) is 0. The lowest BCUT2D eigenvalue weighted by Gasteiger charge is -2.25. The first-order chi connectivity index (χ1) is 12.6. The fourth-order valence-corrected chi connectivity index (χ4v) is 4.99. The minimum atomic E-state index is -0.397. The van der Waals surface area contributed by atoms with E-state index < -0.39 is 5.91 Å². The summed E-state index contributed by atoms with van der Waals surface area (Å²) >= 11 is 1.42. The highest BCUT2D eigenvalue weighted by Crippen LogP contribution is 2.36. The highest BCUT2D eigenvalue weighted by Gasteiger charge is 2.31. The number of primary amides is 1. The van der Waals surface area contributed by atoms with E-state index >= 15 is 0 Å². The maximum absolute atomic E-state index is 12.8. The minimum Gasteiger partial charge on any atom is -0.365 e. The third kappa shape index (κ3) is 3.39. The van der Waals surface area contributed by atoms with Crippen molar-refractivity contribution in [2.24, 2.45) is 5.73 Å². The number of carbonyl (C=O) groups is 2. The largest absolute Gasteiger partial charge is 0.365 e. The number of fused-ring (bicyclic) bond motifs is 1. The number of thiophene rings is 1. The summed E-state index contributed by atoms with van der Waals surface area (Å²) in [6, 6.07) is 12.3. The van der Waals surface area contributed by atoms with Crippen LogP contribution in [0.1, 0.15) is 51.0 Å². The van der Waals surface area contributed by atoms with Gasteiger partial charge in [0.15, 0.2) is 0 Å². The summed E-state index contributed by atoms with van der Waals surface area (Å²) in [6.45, 7) is 3.45. The standard InChI is InChI=1S/C20H23N3O2S/c21-20(25)18-8-7-17(26-18)16-6-3-10-23(16)19(24)9-11-22-12-14-4-1-2-5-15(14)13-22/h1-2,4-5,7-8,16H,3,6,9-13H2,(H2,21,25)/t16-/m1/s1. The molecule has 1 aromatic carbocycles. The van der Waals surface area contributed by atoms with Crippen LogP contribution in [-0.4, -0.2) is 34.7 Å². The normalized spacial score (nSPS) is 19.7. The first-order valence-electron chi connectivity index (χ1n) is 9.10. The van der Waals surface area contributed by atoms with E-state index in [2.05, 4.69) is 29.2 Å². The van der Waals surface area contributed by atoms with Crippen LogP contribution in [0.2, 0.25) is 0 Å². The van der Waals surface area contributed by atoms with E-state index in [1.165, 1.54) is 22.5 Å². The Hall–Kier alpha value is -2.18. The van der Waals surface area contributed by atoms with Gasteiger partial charge in [-0.2, -0.15) is 0 Å². The zero-order chi connectivity index (χ0) is 18.1. The van der Waals surface area contributed by atoms with Crippen molar-refractivity contribution in [3.63, 3.8) is 0 Å². The highest BCUT2D eigenvalue weighted by molar-refractivity contribution is 7.14. The predicted molar refractivity (Wildman–Crippen MR) is 102 cm³/mol. The molecule has 3 heterocycles. The van der Waals surface area contributed by atoms with Gasteiger partial charge in [0, 0.05) is 37.5 Å². The number of nitrogens with zero attached hydrogens (tertiary/aromatic N) is 2. The number of nitrogens with two attached hydrogens (primary N) is 1. The van der Waals surface area contributed by atoms with Crippen molar-refractivity contribution in [3.8, 4) is 0 Å². The van der Waals surface area contributed by atoms with Gasteiger partial charge in [-0.25, -0.2) is 0 Å². The van der Waals surface area contributed by atoms with Crippen molar-refractivity contribution in [2.75, 3.05) is 13.1 Å². The molecule has 4 rings (SSSR count). The van der Waals surface area contributed by atoms with E-state index in [0.717, 1.165) is 43.9 Å². The van der Waals surface area contributed by atoms with Crippen LogP contribution in [0.5, 0.6) is 0 Å². The summed E-state index contributed by atoms with van der Waals surface area (Å²) < 4.78 is 0. The Bertz CT molecular complexity index is 807. The molecule has 1 atom stereocenters. The predicted octanol–water partition coefficient (Wildman–Crippen LogP) is 2.92. The molecule has 26 heavy (non-hydrogen) atoms. The third-order valence-electron chi connectivity index (χ3n) is 5.32. The van der Waals surface area contributed by atoms with Crippen molar-refractivity contribution < 1.29 is 9.59 Å². The van der Waals surface area contributed by atoms with Gasteiger partial charge in [0.2, 0.25) is 5.91 Å². The smallest absolute Gasteiger partial charge is 0.258 e. The van der Waals surface area contributed by atoms with Crippen LogP contribution in [-0.2, 0) is 17.9 Å². The molecule has 136 valence electrons. The van der Waals surface area contributed by atoms with Crippen LogP contribution in [0, 0.1) is 0 Å². The number of likely N-dealkylation sites (tertiary alicyclic amines) is 1. The van der Waals surface area contributed by atoms with E-state index in [9.17, 15) is 9.59 Å². The van der Waals surface area contributed by atoms with Gasteiger partial charge in [-0.15, -0.1) is 11.3 Å². The van der Waals surface area contributed by atoms with E-state index in [1.54, 1.807) is 6.07 Å². The first kappa shape index (κ1) is 17.2. The fourth-order valence-electron chi connectivity index (χ4n) is 3.98. The molecular formula is C20H23N3O2S. The highest BCUT2D eigenvalue weighted by atomic mass is 32.1. The van der Waals surface area contributed by atoms with E-state index in [4.69, 9.17) is 5.73 Å². The Morgan fingerprint density at radius 2 is 1.85 bits per heavy atom. The molecule has 1 fully saturated rings. The SMILES string of the molecule is NC(=O)c1ccc([C@H]2CCCN2C(=O)CCN2Cc3ccccc3C2)s1. The van der Waals surface area contributed by atoms with Gasteiger partial charge in [0.25, 0.3) is 5.91 Å². The lowest BCUT2D eigenvalue weighted by Crippen LogP contribution is -2.32. The number of hydrogen-bond acceptors (Lipinski definition) is 4. The van der Waals surface area contributed by atoms with E-state index in [-0.39, 0.29) is 11.9 Å². The van der Waals surface area contributed by atoms with Crippen LogP contribution in [0.15, 0.2) is 36.4 Å². The topological polar surface area (TPSA) is 66.6 Å². The molecule has 0 saturated carbocycles. The van der Waals surface area contributed by atoms with E-state index in [0.29, 0.717) is 11.3 Å². The Morgan fingerprint density at radius 3 is 2.50 bits per heavy atom. The van der Waals surface area contributed by atoms with Gasteiger partial charge in [-0.05, 0) is 36.1 Å². The number of hydrogen-bond donors (Lipinski definition) is 1. The summed E-state index contributed by atoms with van der Waals surface area (Å²) in [5.74, 6) is -0.191. The number of amides is 2. The molecule has 2 amide bonds. The number of benzene rings is 1. The van der Waals surface area contributed by atoms with Gasteiger partial charge in [0.1, 0.15) is 0 Å². The van der Waals surface area contributed by atoms with Crippen molar-refractivity contribution in [2.45, 2.75) is 38.4 Å². The molecule has 0 unspecified atom stereocenters. The lowest BCUT2D eigenvalue weighted by atomic mass is 10.1. The molecule has 0 radical (unpaired) electrons. The molecular weight excluding hydrogens is 346 g/mol. The van der Waals surface area contributed by atoms with Gasteiger partial charge in [-0.3, -0.25) is 14.5 Å². The van der Waals surface area contributed by atoms with Crippen molar-refractivity contribution in [1.82, 2.24) is 9.80 Å². The number of rotatable bonds is 5. The van der Waals surface area contributed by atoms with Crippen LogP contribution in [0.3, 0.4) is 0 Å². The molecule has 1 aromatic heterocycles. The second kappa shape index (κ2) is 7.21. The molecule has 0 spiro atoms. The van der Waals surface area contributed by atoms with Gasteiger partial charge < -0.3 is 10.6 Å². The first-order valence-corrected chi connectivity index (χ1v) is 9.91. The van der Waals surface area contributed by atoms with Gasteiger partial charge in [-0.1, -0.05) is 24.3 Å². The summed E-state index contributed by atoms with van der Waals surface area (Å²) in [5.41, 5.74) is 8.10. The summed E-state index contributed by atoms with van der Waals surface area (Å²) in [4.78, 5) is 30.1. The molecule has 2 N–H and O–H groups in total. The van der Waals surface area contributed by atoms with Gasteiger partial charge >= 0.3 is 0 Å². The minimum absolute atomic E-state index is 0.0939. The summed E-state index contributed by atoms with van der Waals surface area (Å²) in [6.07, 6.45) is 2.51. The maximum Gasteiger partial charge on any atom is 0.258 e. The Kier molecular flexibility index (Phi) is 4.78. The molecule has 2 aliphatic heterocycles.